The molecule has 1 aliphatic carbocycles. The highest BCUT2D eigenvalue weighted by molar-refractivity contribution is 5.78. The molecular weight excluding hydrogens is 282 g/mol. The Morgan fingerprint density at radius 1 is 1.18 bits per heavy atom. The first kappa shape index (κ1) is 17.1. The van der Waals surface area contributed by atoms with Crippen molar-refractivity contribution in [2.24, 2.45) is 17.3 Å². The van der Waals surface area contributed by atoms with E-state index in [1.807, 2.05) is 20.8 Å². The van der Waals surface area contributed by atoms with Gasteiger partial charge < -0.3 is 14.7 Å². The van der Waals surface area contributed by atoms with Crippen LogP contribution in [-0.4, -0.2) is 40.8 Å². The largest absolute Gasteiger partial charge is 0.481 e. The molecule has 0 aromatic heterocycles. The topological polar surface area (TPSA) is 66.8 Å². The molecule has 0 radical (unpaired) electrons. The molecular formula is C17H29NO4. The van der Waals surface area contributed by atoms with Gasteiger partial charge >= 0.3 is 12.1 Å². The summed E-state index contributed by atoms with van der Waals surface area (Å²) in [7, 11) is 0. The number of rotatable bonds is 2. The van der Waals surface area contributed by atoms with Crippen molar-refractivity contribution in [2.75, 3.05) is 13.1 Å². The number of hydrogen-bond acceptors (Lipinski definition) is 3. The number of carboxylic acids is 1. The van der Waals surface area contributed by atoms with Gasteiger partial charge in [0.1, 0.15) is 5.60 Å². The molecule has 1 atom stereocenters. The van der Waals surface area contributed by atoms with E-state index in [2.05, 4.69) is 6.92 Å². The van der Waals surface area contributed by atoms with Gasteiger partial charge in [0.15, 0.2) is 0 Å². The Hall–Kier alpha value is -1.26. The predicted molar refractivity (Wildman–Crippen MR) is 83.6 cm³/mol. The number of amides is 1. The molecule has 0 aromatic carbocycles. The first-order valence-electron chi connectivity index (χ1n) is 8.35. The minimum Gasteiger partial charge on any atom is -0.481 e. The number of aliphatic carboxylic acids is 1. The van der Waals surface area contributed by atoms with E-state index in [4.69, 9.17) is 4.74 Å². The van der Waals surface area contributed by atoms with Crippen molar-refractivity contribution in [3.63, 3.8) is 0 Å². The van der Waals surface area contributed by atoms with E-state index in [1.165, 1.54) is 0 Å². The van der Waals surface area contributed by atoms with Gasteiger partial charge in [0.2, 0.25) is 0 Å². The van der Waals surface area contributed by atoms with E-state index < -0.39 is 17.0 Å². The average Bonchev–Trinajstić information content (AvgIpc) is 2.84. The molecule has 5 heteroatoms. The first-order chi connectivity index (χ1) is 10.1. The van der Waals surface area contributed by atoms with Crippen LogP contribution in [-0.2, 0) is 9.53 Å². The van der Waals surface area contributed by atoms with Crippen LogP contribution in [0.5, 0.6) is 0 Å². The molecule has 5 nitrogen and oxygen atoms in total. The third-order valence-electron chi connectivity index (χ3n) is 5.18. The molecule has 1 saturated heterocycles. The zero-order valence-electron chi connectivity index (χ0n) is 14.2. The van der Waals surface area contributed by atoms with Crippen LogP contribution in [0.3, 0.4) is 0 Å². The Kier molecular flexibility index (Phi) is 4.73. The lowest BCUT2D eigenvalue weighted by atomic mass is 9.66. The molecule has 2 fully saturated rings. The highest BCUT2D eigenvalue weighted by atomic mass is 16.6. The maximum absolute atomic E-state index is 12.2. The second kappa shape index (κ2) is 6.09. The molecule has 0 spiro atoms. The van der Waals surface area contributed by atoms with Crippen molar-refractivity contribution in [2.45, 2.75) is 65.4 Å². The molecule has 2 rings (SSSR count). The van der Waals surface area contributed by atoms with E-state index in [0.29, 0.717) is 18.9 Å². The SMILES string of the molecule is CC1CCC(C2(C(=O)O)CCN(C(=O)OC(C)(C)C)C2)CC1. The molecule has 22 heavy (non-hydrogen) atoms. The number of ether oxygens (including phenoxy) is 1. The van der Waals surface area contributed by atoms with Gasteiger partial charge in [-0.1, -0.05) is 19.8 Å². The monoisotopic (exact) mass is 311 g/mol. The Labute approximate surface area is 133 Å². The number of carbonyl (C=O) groups is 2. The maximum Gasteiger partial charge on any atom is 0.410 e. The molecule has 126 valence electrons. The maximum atomic E-state index is 12.2. The van der Waals surface area contributed by atoms with Gasteiger partial charge in [-0.25, -0.2) is 4.79 Å². The lowest BCUT2D eigenvalue weighted by Gasteiger charge is -2.38. The molecule has 1 unspecified atom stereocenters. The highest BCUT2D eigenvalue weighted by Gasteiger charge is 2.52. The molecule has 1 amide bonds. The third kappa shape index (κ3) is 3.55. The fourth-order valence-electron chi connectivity index (χ4n) is 3.81. The molecule has 0 aromatic rings. The average molecular weight is 311 g/mol. The Bertz CT molecular complexity index is 434. The molecule has 0 bridgehead atoms. The summed E-state index contributed by atoms with van der Waals surface area (Å²) in [6, 6.07) is 0. The van der Waals surface area contributed by atoms with E-state index in [0.717, 1.165) is 25.7 Å². The normalized spacial score (nSPS) is 32.8. The zero-order valence-corrected chi connectivity index (χ0v) is 14.2. The second-order valence-electron chi connectivity index (χ2n) is 8.07. The van der Waals surface area contributed by atoms with Gasteiger partial charge in [-0.2, -0.15) is 0 Å². The van der Waals surface area contributed by atoms with Crippen molar-refractivity contribution in [1.29, 1.82) is 0 Å². The fraction of sp³-hybridized carbons (Fsp3) is 0.882. The number of likely N-dealkylation sites (tertiary alicyclic amines) is 1. The molecule has 1 saturated carbocycles. The number of nitrogens with zero attached hydrogens (tertiary/aromatic N) is 1. The van der Waals surface area contributed by atoms with Crippen LogP contribution in [0.25, 0.3) is 0 Å². The lowest BCUT2D eigenvalue weighted by Crippen LogP contribution is -2.44. The van der Waals surface area contributed by atoms with Gasteiger partial charge in [-0.3, -0.25) is 4.79 Å². The van der Waals surface area contributed by atoms with Crippen LogP contribution in [0.2, 0.25) is 0 Å². The van der Waals surface area contributed by atoms with Gasteiger partial charge in [0.05, 0.1) is 5.41 Å². The minimum atomic E-state index is -0.781. The molecule has 1 aliphatic heterocycles. The lowest BCUT2D eigenvalue weighted by molar-refractivity contribution is -0.152. The summed E-state index contributed by atoms with van der Waals surface area (Å²) < 4.78 is 5.39. The van der Waals surface area contributed by atoms with Crippen molar-refractivity contribution in [3.8, 4) is 0 Å². The third-order valence-corrected chi connectivity index (χ3v) is 5.18. The summed E-state index contributed by atoms with van der Waals surface area (Å²) in [4.78, 5) is 25.8. The standard InChI is InChI=1S/C17H29NO4/c1-12-5-7-13(8-6-12)17(14(19)20)9-10-18(11-17)15(21)22-16(2,3)4/h12-13H,5-11H2,1-4H3,(H,19,20). The molecule has 2 aliphatic rings. The predicted octanol–water partition coefficient (Wildman–Crippen LogP) is 3.52. The number of hydrogen-bond donors (Lipinski definition) is 1. The van der Waals surface area contributed by atoms with Gasteiger partial charge in [-0.05, 0) is 51.9 Å². The second-order valence-corrected chi connectivity index (χ2v) is 8.07. The van der Waals surface area contributed by atoms with E-state index in [1.54, 1.807) is 4.90 Å². The van der Waals surface area contributed by atoms with Crippen LogP contribution >= 0.6 is 0 Å². The summed E-state index contributed by atoms with van der Waals surface area (Å²) >= 11 is 0. The Morgan fingerprint density at radius 2 is 1.77 bits per heavy atom. The van der Waals surface area contributed by atoms with Crippen LogP contribution in [0.4, 0.5) is 4.79 Å². The van der Waals surface area contributed by atoms with Crippen molar-refractivity contribution >= 4 is 12.1 Å². The van der Waals surface area contributed by atoms with Gasteiger partial charge in [0, 0.05) is 13.1 Å². The highest BCUT2D eigenvalue weighted by Crippen LogP contribution is 2.46. The van der Waals surface area contributed by atoms with E-state index in [9.17, 15) is 14.7 Å². The number of carbonyl (C=O) groups excluding carboxylic acids is 1. The zero-order chi connectivity index (χ0) is 16.5. The van der Waals surface area contributed by atoms with Crippen LogP contribution in [0, 0.1) is 17.3 Å². The molecule has 1 N–H and O–H groups in total. The summed E-state index contributed by atoms with van der Waals surface area (Å²) in [6.07, 6.45) is 4.24. The summed E-state index contributed by atoms with van der Waals surface area (Å²) in [5.41, 5.74) is -1.33. The Morgan fingerprint density at radius 3 is 2.27 bits per heavy atom. The van der Waals surface area contributed by atoms with Crippen LogP contribution in [0.15, 0.2) is 0 Å². The summed E-state index contributed by atoms with van der Waals surface area (Å²) in [6.45, 7) is 8.48. The van der Waals surface area contributed by atoms with Crippen molar-refractivity contribution < 1.29 is 19.4 Å². The van der Waals surface area contributed by atoms with E-state index >= 15 is 0 Å². The quantitative estimate of drug-likeness (QED) is 0.847. The Balaban J connectivity index is 2.08. The summed E-state index contributed by atoms with van der Waals surface area (Å²) in [5, 5.41) is 9.84. The van der Waals surface area contributed by atoms with Crippen LogP contribution < -0.4 is 0 Å². The van der Waals surface area contributed by atoms with E-state index in [-0.39, 0.29) is 18.6 Å². The van der Waals surface area contributed by atoms with Crippen molar-refractivity contribution in [3.05, 3.63) is 0 Å². The van der Waals surface area contributed by atoms with Crippen molar-refractivity contribution in [1.82, 2.24) is 4.90 Å². The minimum absolute atomic E-state index is 0.175. The smallest absolute Gasteiger partial charge is 0.410 e. The summed E-state index contributed by atoms with van der Waals surface area (Å²) in [5.74, 6) is 0.109. The van der Waals surface area contributed by atoms with Gasteiger partial charge in [-0.15, -0.1) is 0 Å². The van der Waals surface area contributed by atoms with Gasteiger partial charge in [0.25, 0.3) is 0 Å². The molecule has 1 heterocycles. The first-order valence-corrected chi connectivity index (χ1v) is 8.35. The van der Waals surface area contributed by atoms with Crippen LogP contribution in [0.1, 0.15) is 59.8 Å². The fourth-order valence-corrected chi connectivity index (χ4v) is 3.81. The number of carboxylic acid groups (broad SMARTS) is 1.